The number of nitro benzene ring substituents is 1. The van der Waals surface area contributed by atoms with E-state index in [-0.39, 0.29) is 10.6 Å². The molecule has 1 rings (SSSR count). The van der Waals surface area contributed by atoms with Crippen molar-refractivity contribution in [2.24, 2.45) is 5.92 Å². The molecule has 0 aliphatic heterocycles. The fourth-order valence-corrected chi connectivity index (χ4v) is 2.14. The summed E-state index contributed by atoms with van der Waals surface area (Å²) in [6.07, 6.45) is 0.863. The van der Waals surface area contributed by atoms with Gasteiger partial charge in [0.2, 0.25) is 0 Å². The quantitative estimate of drug-likeness (QED) is 0.623. The third-order valence-electron chi connectivity index (χ3n) is 3.54. The van der Waals surface area contributed by atoms with Crippen LogP contribution in [0.3, 0.4) is 0 Å². The Labute approximate surface area is 109 Å². The van der Waals surface area contributed by atoms with Crippen molar-refractivity contribution in [2.75, 3.05) is 6.54 Å². The van der Waals surface area contributed by atoms with Gasteiger partial charge in [0.15, 0.2) is 0 Å². The highest BCUT2D eigenvalue weighted by Gasteiger charge is 2.17. The lowest BCUT2D eigenvalue weighted by molar-refractivity contribution is -0.385. The molecule has 18 heavy (non-hydrogen) atoms. The number of nitrogens with zero attached hydrogens (tertiary/aromatic N) is 1. The Bertz CT molecular complexity index is 418. The third-order valence-corrected chi connectivity index (χ3v) is 3.54. The summed E-state index contributed by atoms with van der Waals surface area (Å²) in [5.74, 6) is 0.450. The van der Waals surface area contributed by atoms with Crippen molar-refractivity contribution in [3.05, 3.63) is 39.4 Å². The van der Waals surface area contributed by atoms with Gasteiger partial charge in [0, 0.05) is 17.7 Å². The number of rotatable bonds is 6. The summed E-state index contributed by atoms with van der Waals surface area (Å²) >= 11 is 0. The normalized spacial score (nSPS) is 14.2. The second-order valence-corrected chi connectivity index (χ2v) is 4.85. The molecule has 2 unspecified atom stereocenters. The first-order valence-electron chi connectivity index (χ1n) is 6.43. The molecule has 0 spiro atoms. The zero-order valence-electron chi connectivity index (χ0n) is 11.6. The molecule has 0 bridgehead atoms. The van der Waals surface area contributed by atoms with E-state index in [9.17, 15) is 10.1 Å². The van der Waals surface area contributed by atoms with Crippen molar-refractivity contribution in [3.63, 3.8) is 0 Å². The highest BCUT2D eigenvalue weighted by atomic mass is 16.6. The van der Waals surface area contributed by atoms with Gasteiger partial charge in [-0.3, -0.25) is 10.1 Å². The van der Waals surface area contributed by atoms with E-state index in [1.54, 1.807) is 12.1 Å². The Morgan fingerprint density at radius 2 is 2.06 bits per heavy atom. The van der Waals surface area contributed by atoms with Gasteiger partial charge in [0.25, 0.3) is 5.69 Å². The summed E-state index contributed by atoms with van der Waals surface area (Å²) in [4.78, 5) is 10.6. The van der Waals surface area contributed by atoms with Gasteiger partial charge in [0.1, 0.15) is 0 Å². The van der Waals surface area contributed by atoms with Crippen LogP contribution in [0.1, 0.15) is 31.9 Å². The summed E-state index contributed by atoms with van der Waals surface area (Å²) in [5, 5.41) is 14.3. The summed E-state index contributed by atoms with van der Waals surface area (Å²) in [7, 11) is 0. The maximum Gasteiger partial charge on any atom is 0.272 e. The molecule has 1 N–H and O–H groups in total. The number of hydrogen-bond acceptors (Lipinski definition) is 3. The molecule has 0 aromatic heterocycles. The molecule has 0 fully saturated rings. The van der Waals surface area contributed by atoms with E-state index in [2.05, 4.69) is 26.1 Å². The first-order chi connectivity index (χ1) is 8.47. The molecular weight excluding hydrogens is 228 g/mol. The molecule has 0 heterocycles. The van der Waals surface area contributed by atoms with E-state index in [0.717, 1.165) is 24.1 Å². The standard InChI is InChI=1S/C14H22N2O2/c1-5-15-12(4)10(2)9-13-7-6-8-14(11(13)3)16(17)18/h6-8,10,12,15H,5,9H2,1-4H3. The predicted octanol–water partition coefficient (Wildman–Crippen LogP) is 3.08. The van der Waals surface area contributed by atoms with E-state index in [0.29, 0.717) is 12.0 Å². The molecule has 1 aromatic rings. The zero-order valence-corrected chi connectivity index (χ0v) is 11.6. The minimum atomic E-state index is -0.308. The van der Waals surface area contributed by atoms with Crippen LogP contribution in [0.4, 0.5) is 5.69 Å². The number of hydrogen-bond donors (Lipinski definition) is 1. The molecule has 4 heteroatoms. The largest absolute Gasteiger partial charge is 0.314 e. The Hall–Kier alpha value is -1.42. The fourth-order valence-electron chi connectivity index (χ4n) is 2.14. The molecule has 0 radical (unpaired) electrons. The second-order valence-electron chi connectivity index (χ2n) is 4.85. The van der Waals surface area contributed by atoms with E-state index < -0.39 is 0 Å². The topological polar surface area (TPSA) is 55.2 Å². The van der Waals surface area contributed by atoms with E-state index in [1.807, 2.05) is 13.0 Å². The average molecular weight is 250 g/mol. The second kappa shape index (κ2) is 6.50. The van der Waals surface area contributed by atoms with Crippen LogP contribution in [0.5, 0.6) is 0 Å². The van der Waals surface area contributed by atoms with Crippen LogP contribution in [0, 0.1) is 23.0 Å². The monoisotopic (exact) mass is 250 g/mol. The van der Waals surface area contributed by atoms with E-state index in [1.165, 1.54) is 0 Å². The third kappa shape index (κ3) is 3.53. The van der Waals surface area contributed by atoms with Gasteiger partial charge in [-0.1, -0.05) is 26.0 Å². The molecular formula is C14H22N2O2. The van der Waals surface area contributed by atoms with Gasteiger partial charge >= 0.3 is 0 Å². The molecule has 1 aromatic carbocycles. The maximum absolute atomic E-state index is 10.9. The average Bonchev–Trinajstić information content (AvgIpc) is 2.31. The zero-order chi connectivity index (χ0) is 13.7. The summed E-state index contributed by atoms with van der Waals surface area (Å²) in [5.41, 5.74) is 2.08. The van der Waals surface area contributed by atoms with Crippen molar-refractivity contribution in [1.82, 2.24) is 5.32 Å². The van der Waals surface area contributed by atoms with Gasteiger partial charge in [-0.25, -0.2) is 0 Å². The number of nitrogens with one attached hydrogen (secondary N) is 1. The highest BCUT2D eigenvalue weighted by molar-refractivity contribution is 5.44. The van der Waals surface area contributed by atoms with Gasteiger partial charge in [-0.05, 0) is 38.3 Å². The minimum absolute atomic E-state index is 0.218. The maximum atomic E-state index is 10.9. The molecule has 2 atom stereocenters. The molecule has 0 saturated heterocycles. The molecule has 4 nitrogen and oxygen atoms in total. The van der Waals surface area contributed by atoms with Gasteiger partial charge in [-0.2, -0.15) is 0 Å². The van der Waals surface area contributed by atoms with Gasteiger partial charge < -0.3 is 5.32 Å². The van der Waals surface area contributed by atoms with E-state index >= 15 is 0 Å². The Balaban J connectivity index is 2.85. The van der Waals surface area contributed by atoms with Crippen LogP contribution in [-0.4, -0.2) is 17.5 Å². The SMILES string of the molecule is CCNC(C)C(C)Cc1cccc([N+](=O)[O-])c1C. The molecule has 100 valence electrons. The van der Waals surface area contributed by atoms with Gasteiger partial charge in [0.05, 0.1) is 4.92 Å². The Kier molecular flexibility index (Phi) is 5.28. The fraction of sp³-hybridized carbons (Fsp3) is 0.571. The van der Waals surface area contributed by atoms with Crippen LogP contribution in [0.15, 0.2) is 18.2 Å². The van der Waals surface area contributed by atoms with Crippen molar-refractivity contribution >= 4 is 5.69 Å². The van der Waals surface area contributed by atoms with Crippen molar-refractivity contribution in [3.8, 4) is 0 Å². The molecule has 0 saturated carbocycles. The van der Waals surface area contributed by atoms with Crippen molar-refractivity contribution in [2.45, 2.75) is 40.2 Å². The lowest BCUT2D eigenvalue weighted by Crippen LogP contribution is -2.33. The number of nitro groups is 1. The molecule has 0 amide bonds. The predicted molar refractivity (Wildman–Crippen MR) is 73.8 cm³/mol. The first kappa shape index (κ1) is 14.6. The van der Waals surface area contributed by atoms with Crippen molar-refractivity contribution in [1.29, 1.82) is 0 Å². The van der Waals surface area contributed by atoms with E-state index in [4.69, 9.17) is 0 Å². The Morgan fingerprint density at radius 1 is 1.39 bits per heavy atom. The number of benzene rings is 1. The lowest BCUT2D eigenvalue weighted by atomic mass is 9.92. The van der Waals surface area contributed by atoms with Crippen LogP contribution >= 0.6 is 0 Å². The first-order valence-corrected chi connectivity index (χ1v) is 6.43. The summed E-state index contributed by atoms with van der Waals surface area (Å²) < 4.78 is 0. The minimum Gasteiger partial charge on any atom is -0.314 e. The van der Waals surface area contributed by atoms with Crippen LogP contribution in [0.25, 0.3) is 0 Å². The van der Waals surface area contributed by atoms with Crippen LogP contribution in [0.2, 0.25) is 0 Å². The Morgan fingerprint density at radius 3 is 2.61 bits per heavy atom. The van der Waals surface area contributed by atoms with Crippen molar-refractivity contribution < 1.29 is 4.92 Å². The van der Waals surface area contributed by atoms with Gasteiger partial charge in [-0.15, -0.1) is 0 Å². The molecule has 0 aliphatic carbocycles. The van der Waals surface area contributed by atoms with Crippen LogP contribution in [-0.2, 0) is 6.42 Å². The molecule has 0 aliphatic rings. The summed E-state index contributed by atoms with van der Waals surface area (Å²) in [6, 6.07) is 5.73. The lowest BCUT2D eigenvalue weighted by Gasteiger charge is -2.21. The summed E-state index contributed by atoms with van der Waals surface area (Å²) in [6.45, 7) is 9.19. The smallest absolute Gasteiger partial charge is 0.272 e. The highest BCUT2D eigenvalue weighted by Crippen LogP contribution is 2.24. The van der Waals surface area contributed by atoms with Crippen LogP contribution < -0.4 is 5.32 Å².